The zero-order valence-corrected chi connectivity index (χ0v) is 9.58. The lowest BCUT2D eigenvalue weighted by molar-refractivity contribution is 0.553. The predicted molar refractivity (Wildman–Crippen MR) is 64.5 cm³/mol. The summed E-state index contributed by atoms with van der Waals surface area (Å²) in [7, 11) is 0. The van der Waals surface area contributed by atoms with E-state index in [0.717, 1.165) is 12.0 Å². The first-order chi connectivity index (χ1) is 7.36. The van der Waals surface area contributed by atoms with E-state index in [2.05, 4.69) is 29.2 Å². The van der Waals surface area contributed by atoms with E-state index >= 15 is 0 Å². The zero-order valence-electron chi connectivity index (χ0n) is 8.82. The second kappa shape index (κ2) is 3.71. The minimum atomic E-state index is 0.617. The van der Waals surface area contributed by atoms with Crippen molar-refractivity contribution in [1.29, 1.82) is 0 Å². The van der Waals surface area contributed by atoms with Crippen LogP contribution in [0, 0.1) is 5.92 Å². The minimum absolute atomic E-state index is 0.617. The Balaban J connectivity index is 1.81. The molecule has 1 heterocycles. The summed E-state index contributed by atoms with van der Waals surface area (Å²) in [5.41, 5.74) is 2.60. The van der Waals surface area contributed by atoms with Gasteiger partial charge in [0.2, 0.25) is 0 Å². The summed E-state index contributed by atoms with van der Waals surface area (Å²) in [6.45, 7) is 1.27. The third kappa shape index (κ3) is 1.63. The third-order valence-corrected chi connectivity index (χ3v) is 4.14. The molecule has 0 N–H and O–H groups in total. The Morgan fingerprint density at radius 3 is 2.53 bits per heavy atom. The Hall–Kier alpha value is -0.690. The average molecular weight is 222 g/mol. The monoisotopic (exact) mass is 221 g/mol. The van der Waals surface area contributed by atoms with Gasteiger partial charge in [-0.05, 0) is 42.9 Å². The number of halogens is 1. The van der Waals surface area contributed by atoms with Gasteiger partial charge in [-0.25, -0.2) is 0 Å². The molecule has 15 heavy (non-hydrogen) atoms. The van der Waals surface area contributed by atoms with Gasteiger partial charge >= 0.3 is 0 Å². The fourth-order valence-corrected chi connectivity index (χ4v) is 3.20. The molecular weight excluding hydrogens is 206 g/mol. The van der Waals surface area contributed by atoms with E-state index in [1.54, 1.807) is 0 Å². The van der Waals surface area contributed by atoms with Gasteiger partial charge in [-0.1, -0.05) is 12.1 Å². The van der Waals surface area contributed by atoms with E-state index in [9.17, 15) is 0 Å². The maximum absolute atomic E-state index is 5.79. The number of benzene rings is 1. The molecule has 1 saturated carbocycles. The molecule has 2 atom stereocenters. The smallest absolute Gasteiger partial charge is 0.0474 e. The van der Waals surface area contributed by atoms with E-state index in [-0.39, 0.29) is 0 Å². The van der Waals surface area contributed by atoms with Crippen molar-refractivity contribution in [2.45, 2.75) is 31.2 Å². The van der Waals surface area contributed by atoms with Crippen LogP contribution in [-0.4, -0.2) is 12.6 Å². The van der Waals surface area contributed by atoms with Crippen LogP contribution in [0.15, 0.2) is 24.3 Å². The first kappa shape index (κ1) is 9.53. The summed E-state index contributed by atoms with van der Waals surface area (Å²) in [5.74, 6) is 1.58. The normalized spacial score (nSPS) is 28.7. The van der Waals surface area contributed by atoms with Crippen LogP contribution in [0.5, 0.6) is 0 Å². The Morgan fingerprint density at radius 1 is 1.20 bits per heavy atom. The third-order valence-electron chi connectivity index (χ3n) is 3.83. The van der Waals surface area contributed by atoms with E-state index in [1.807, 2.05) is 0 Å². The largest absolute Gasteiger partial charge is 0.368 e. The van der Waals surface area contributed by atoms with Crippen LogP contribution in [0.25, 0.3) is 0 Å². The molecule has 1 aliphatic heterocycles. The van der Waals surface area contributed by atoms with Crippen molar-refractivity contribution >= 4 is 17.3 Å². The number of piperidine rings is 1. The molecule has 2 heteroatoms. The number of anilines is 1. The molecule has 80 valence electrons. The fourth-order valence-electron chi connectivity index (χ4n) is 3.02. The standard InChI is InChI=1S/C13H16ClN/c14-8-10-1-4-12(5-2-10)15-9-11-3-6-13(15)7-11/h1-2,4-5,11,13H,3,6-9H2. The van der Waals surface area contributed by atoms with Crippen molar-refractivity contribution in [3.8, 4) is 0 Å². The Kier molecular flexibility index (Phi) is 2.36. The van der Waals surface area contributed by atoms with Gasteiger partial charge in [0.15, 0.2) is 0 Å². The summed E-state index contributed by atoms with van der Waals surface area (Å²) in [4.78, 5) is 2.58. The molecule has 2 fully saturated rings. The van der Waals surface area contributed by atoms with Gasteiger partial charge < -0.3 is 4.90 Å². The van der Waals surface area contributed by atoms with Crippen LogP contribution in [-0.2, 0) is 5.88 Å². The fraction of sp³-hybridized carbons (Fsp3) is 0.538. The van der Waals surface area contributed by atoms with E-state index in [0.29, 0.717) is 5.88 Å². The first-order valence-electron chi connectivity index (χ1n) is 5.78. The maximum atomic E-state index is 5.79. The predicted octanol–water partition coefficient (Wildman–Crippen LogP) is 3.41. The summed E-state index contributed by atoms with van der Waals surface area (Å²) in [5, 5.41) is 0. The number of fused-ring (bicyclic) bond motifs is 2. The summed E-state index contributed by atoms with van der Waals surface area (Å²) < 4.78 is 0. The van der Waals surface area contributed by atoms with Crippen molar-refractivity contribution in [2.24, 2.45) is 5.92 Å². The Morgan fingerprint density at radius 2 is 2.00 bits per heavy atom. The molecule has 0 radical (unpaired) electrons. The van der Waals surface area contributed by atoms with Gasteiger partial charge in [0.25, 0.3) is 0 Å². The summed E-state index contributed by atoms with van der Waals surface area (Å²) in [6.07, 6.45) is 4.25. The topological polar surface area (TPSA) is 3.24 Å². The second-order valence-corrected chi connectivity index (χ2v) is 5.05. The van der Waals surface area contributed by atoms with E-state index < -0.39 is 0 Å². The highest BCUT2D eigenvalue weighted by molar-refractivity contribution is 6.17. The lowest BCUT2D eigenvalue weighted by atomic mass is 10.1. The van der Waals surface area contributed by atoms with Gasteiger partial charge in [0.05, 0.1) is 0 Å². The molecule has 0 spiro atoms. The Labute approximate surface area is 96.0 Å². The van der Waals surface area contributed by atoms with Gasteiger partial charge in [-0.3, -0.25) is 0 Å². The number of hydrogen-bond acceptors (Lipinski definition) is 1. The van der Waals surface area contributed by atoms with Crippen molar-refractivity contribution in [2.75, 3.05) is 11.4 Å². The number of rotatable bonds is 2. The van der Waals surface area contributed by atoms with Gasteiger partial charge in [-0.2, -0.15) is 0 Å². The molecule has 0 aromatic heterocycles. The quantitative estimate of drug-likeness (QED) is 0.692. The maximum Gasteiger partial charge on any atom is 0.0474 e. The molecule has 3 rings (SSSR count). The van der Waals surface area contributed by atoms with Crippen LogP contribution in [0.4, 0.5) is 5.69 Å². The second-order valence-electron chi connectivity index (χ2n) is 4.79. The molecule has 2 aliphatic rings. The van der Waals surface area contributed by atoms with Crippen LogP contribution in [0.2, 0.25) is 0 Å². The van der Waals surface area contributed by atoms with Crippen molar-refractivity contribution in [3.05, 3.63) is 29.8 Å². The number of hydrogen-bond donors (Lipinski definition) is 0. The Bertz CT molecular complexity index is 346. The first-order valence-corrected chi connectivity index (χ1v) is 6.32. The summed E-state index contributed by atoms with van der Waals surface area (Å²) in [6, 6.07) is 9.55. The molecule has 0 amide bonds. The summed E-state index contributed by atoms with van der Waals surface area (Å²) >= 11 is 5.79. The average Bonchev–Trinajstić information content (AvgIpc) is 2.91. The lowest BCUT2D eigenvalue weighted by Gasteiger charge is -2.29. The van der Waals surface area contributed by atoms with Crippen LogP contribution in [0.1, 0.15) is 24.8 Å². The van der Waals surface area contributed by atoms with Gasteiger partial charge in [-0.15, -0.1) is 11.6 Å². The lowest BCUT2D eigenvalue weighted by Crippen LogP contribution is -2.31. The van der Waals surface area contributed by atoms with Crippen LogP contribution >= 0.6 is 11.6 Å². The highest BCUT2D eigenvalue weighted by Crippen LogP contribution is 2.40. The van der Waals surface area contributed by atoms with E-state index in [4.69, 9.17) is 11.6 Å². The molecular formula is C13H16ClN. The highest BCUT2D eigenvalue weighted by Gasteiger charge is 2.37. The van der Waals surface area contributed by atoms with Crippen molar-refractivity contribution in [1.82, 2.24) is 0 Å². The SMILES string of the molecule is ClCc1ccc(N2CC3CCC2C3)cc1. The van der Waals surface area contributed by atoms with Crippen LogP contribution in [0.3, 0.4) is 0 Å². The highest BCUT2D eigenvalue weighted by atomic mass is 35.5. The zero-order chi connectivity index (χ0) is 10.3. The molecule has 1 nitrogen and oxygen atoms in total. The molecule has 1 aromatic carbocycles. The molecule has 2 unspecified atom stereocenters. The van der Waals surface area contributed by atoms with Crippen molar-refractivity contribution in [3.63, 3.8) is 0 Å². The van der Waals surface area contributed by atoms with Crippen molar-refractivity contribution < 1.29 is 0 Å². The van der Waals surface area contributed by atoms with Crippen LogP contribution < -0.4 is 4.90 Å². The van der Waals surface area contributed by atoms with Gasteiger partial charge in [0, 0.05) is 24.2 Å². The minimum Gasteiger partial charge on any atom is -0.368 e. The van der Waals surface area contributed by atoms with E-state index in [1.165, 1.54) is 37.1 Å². The van der Waals surface area contributed by atoms with Gasteiger partial charge in [0.1, 0.15) is 0 Å². The number of nitrogens with zero attached hydrogens (tertiary/aromatic N) is 1. The molecule has 1 aromatic rings. The molecule has 1 saturated heterocycles. The molecule has 2 bridgehead atoms. The number of alkyl halides is 1. The molecule has 1 aliphatic carbocycles.